The highest BCUT2D eigenvalue weighted by molar-refractivity contribution is 7.98. The van der Waals surface area contributed by atoms with Crippen LogP contribution in [-0.2, 0) is 6.42 Å². The molecule has 0 fully saturated rings. The number of benzene rings is 1. The van der Waals surface area contributed by atoms with Gasteiger partial charge in [-0.3, -0.25) is 0 Å². The second kappa shape index (κ2) is 6.12. The predicted molar refractivity (Wildman–Crippen MR) is 73.7 cm³/mol. The second-order valence-corrected chi connectivity index (χ2v) is 4.60. The molecule has 1 heterocycles. The van der Waals surface area contributed by atoms with Gasteiger partial charge in [-0.15, -0.1) is 11.8 Å². The molecule has 92 valence electrons. The van der Waals surface area contributed by atoms with E-state index in [0.29, 0.717) is 0 Å². The summed E-state index contributed by atoms with van der Waals surface area (Å²) in [5, 5.41) is 12.5. The number of nitrogens with one attached hydrogen (secondary N) is 2. The number of aromatic amines is 1. The lowest BCUT2D eigenvalue weighted by molar-refractivity contribution is 0.975. The molecule has 0 aliphatic carbocycles. The minimum absolute atomic E-state index is 0.717. The minimum Gasteiger partial charge on any atom is -0.384 e. The number of imidazole rings is 1. The third kappa shape index (κ3) is 2.84. The Labute approximate surface area is 110 Å². The first kappa shape index (κ1) is 12.5. The number of thioether (sulfide) groups is 1. The average Bonchev–Trinajstić information content (AvgIpc) is 2.91. The number of rotatable bonds is 5. The fraction of sp³-hybridized carbons (Fsp3) is 0.231. The largest absolute Gasteiger partial charge is 0.384 e. The van der Waals surface area contributed by atoms with Gasteiger partial charge in [0.25, 0.3) is 0 Å². The van der Waals surface area contributed by atoms with Crippen molar-refractivity contribution >= 4 is 17.4 Å². The summed E-state index contributed by atoms with van der Waals surface area (Å²) in [6.45, 7) is 0.773. The zero-order chi connectivity index (χ0) is 12.8. The van der Waals surface area contributed by atoms with E-state index in [0.717, 1.165) is 34.8 Å². The molecule has 0 aliphatic rings. The molecule has 0 atom stereocenters. The molecule has 0 saturated carbocycles. The Balaban J connectivity index is 2.03. The highest BCUT2D eigenvalue weighted by atomic mass is 32.2. The summed E-state index contributed by atoms with van der Waals surface area (Å²) in [5.74, 6) is 0. The molecule has 4 nitrogen and oxygen atoms in total. The number of H-pyrrole nitrogens is 1. The van der Waals surface area contributed by atoms with E-state index in [9.17, 15) is 5.26 Å². The van der Waals surface area contributed by atoms with Crippen LogP contribution in [0.2, 0.25) is 0 Å². The number of hydrogen-bond acceptors (Lipinski definition) is 4. The molecule has 2 aromatic rings. The van der Waals surface area contributed by atoms with Gasteiger partial charge in [0, 0.05) is 29.8 Å². The number of nitrogens with zero attached hydrogens (tertiary/aromatic N) is 2. The lowest BCUT2D eigenvalue weighted by Gasteiger charge is -2.09. The summed E-state index contributed by atoms with van der Waals surface area (Å²) < 4.78 is 0. The Morgan fingerprint density at radius 1 is 1.50 bits per heavy atom. The van der Waals surface area contributed by atoms with Gasteiger partial charge in [0.1, 0.15) is 6.07 Å². The van der Waals surface area contributed by atoms with Gasteiger partial charge in [0.15, 0.2) is 0 Å². The number of aromatic nitrogens is 2. The Bertz CT molecular complexity index is 543. The maximum Gasteiger partial charge on any atom is 0.102 e. The predicted octanol–water partition coefficient (Wildman–Crippen LogP) is 2.66. The second-order valence-electron chi connectivity index (χ2n) is 3.75. The molecular formula is C13H14N4S. The topological polar surface area (TPSA) is 64.5 Å². The third-order valence-electron chi connectivity index (χ3n) is 2.62. The van der Waals surface area contributed by atoms with Crippen LogP contribution in [0.25, 0.3) is 0 Å². The molecule has 5 heteroatoms. The smallest absolute Gasteiger partial charge is 0.102 e. The van der Waals surface area contributed by atoms with Crippen molar-refractivity contribution in [2.45, 2.75) is 11.3 Å². The quantitative estimate of drug-likeness (QED) is 0.809. The van der Waals surface area contributed by atoms with Crippen molar-refractivity contribution in [3.63, 3.8) is 0 Å². The Morgan fingerprint density at radius 3 is 3.06 bits per heavy atom. The monoisotopic (exact) mass is 258 g/mol. The van der Waals surface area contributed by atoms with E-state index in [2.05, 4.69) is 21.4 Å². The standard InChI is InChI=1S/C13H14N4S/c1-18-13-4-2-3-12(11(13)7-14)16-6-5-10-8-15-9-17-10/h2-4,8-9,16H,5-6H2,1H3,(H,15,17). The van der Waals surface area contributed by atoms with E-state index in [-0.39, 0.29) is 0 Å². The molecule has 1 aromatic carbocycles. The molecule has 2 N–H and O–H groups in total. The Hall–Kier alpha value is -1.93. The van der Waals surface area contributed by atoms with Crippen LogP contribution in [0.4, 0.5) is 5.69 Å². The van der Waals surface area contributed by atoms with Crippen LogP contribution in [0.1, 0.15) is 11.3 Å². The van der Waals surface area contributed by atoms with E-state index in [1.54, 1.807) is 18.1 Å². The van der Waals surface area contributed by atoms with Gasteiger partial charge in [0.05, 0.1) is 17.6 Å². The SMILES string of the molecule is CSc1cccc(NCCc2cnc[nH]2)c1C#N. The molecule has 2 rings (SSSR count). The third-order valence-corrected chi connectivity index (χ3v) is 3.40. The molecule has 0 spiro atoms. The highest BCUT2D eigenvalue weighted by Gasteiger charge is 2.06. The van der Waals surface area contributed by atoms with Crippen LogP contribution in [0.5, 0.6) is 0 Å². The average molecular weight is 258 g/mol. The Morgan fingerprint density at radius 2 is 2.39 bits per heavy atom. The van der Waals surface area contributed by atoms with Gasteiger partial charge in [-0.05, 0) is 18.4 Å². The first-order chi connectivity index (χ1) is 8.85. The lowest BCUT2D eigenvalue weighted by atomic mass is 10.2. The number of nitriles is 1. The highest BCUT2D eigenvalue weighted by Crippen LogP contribution is 2.26. The molecule has 1 aromatic heterocycles. The minimum atomic E-state index is 0.717. The van der Waals surface area contributed by atoms with Gasteiger partial charge >= 0.3 is 0 Å². The summed E-state index contributed by atoms with van der Waals surface area (Å²) in [5.41, 5.74) is 2.69. The van der Waals surface area contributed by atoms with Crippen LogP contribution >= 0.6 is 11.8 Å². The summed E-state index contributed by atoms with van der Waals surface area (Å²) in [6, 6.07) is 8.12. The summed E-state index contributed by atoms with van der Waals surface area (Å²) in [6.07, 6.45) is 6.31. The van der Waals surface area contributed by atoms with Crippen LogP contribution in [0.15, 0.2) is 35.6 Å². The molecule has 0 amide bonds. The van der Waals surface area contributed by atoms with Gasteiger partial charge in [-0.1, -0.05) is 6.07 Å². The summed E-state index contributed by atoms with van der Waals surface area (Å²) >= 11 is 1.59. The van der Waals surface area contributed by atoms with Crippen molar-refractivity contribution in [1.82, 2.24) is 9.97 Å². The molecule has 18 heavy (non-hydrogen) atoms. The summed E-state index contributed by atoms with van der Waals surface area (Å²) in [4.78, 5) is 8.03. The van der Waals surface area contributed by atoms with Crippen molar-refractivity contribution in [2.75, 3.05) is 18.1 Å². The zero-order valence-corrected chi connectivity index (χ0v) is 10.9. The molecular weight excluding hydrogens is 244 g/mol. The van der Waals surface area contributed by atoms with Gasteiger partial charge in [0.2, 0.25) is 0 Å². The summed E-state index contributed by atoms with van der Waals surface area (Å²) in [7, 11) is 0. The van der Waals surface area contributed by atoms with Crippen LogP contribution < -0.4 is 5.32 Å². The fourth-order valence-corrected chi connectivity index (χ4v) is 2.29. The molecule has 0 saturated heterocycles. The van der Waals surface area contributed by atoms with Gasteiger partial charge in [-0.25, -0.2) is 4.98 Å². The first-order valence-electron chi connectivity index (χ1n) is 5.63. The number of anilines is 1. The van der Waals surface area contributed by atoms with E-state index in [1.807, 2.05) is 30.7 Å². The Kier molecular flexibility index (Phi) is 4.26. The van der Waals surface area contributed by atoms with E-state index >= 15 is 0 Å². The fourth-order valence-electron chi connectivity index (χ4n) is 1.72. The van der Waals surface area contributed by atoms with Crippen molar-refractivity contribution in [1.29, 1.82) is 5.26 Å². The zero-order valence-electron chi connectivity index (χ0n) is 10.1. The normalized spacial score (nSPS) is 10.0. The molecule has 0 unspecified atom stereocenters. The number of hydrogen-bond donors (Lipinski definition) is 2. The van der Waals surface area contributed by atoms with Crippen molar-refractivity contribution in [3.05, 3.63) is 42.0 Å². The first-order valence-corrected chi connectivity index (χ1v) is 6.86. The van der Waals surface area contributed by atoms with Crippen LogP contribution in [-0.4, -0.2) is 22.8 Å². The van der Waals surface area contributed by atoms with Crippen LogP contribution in [0.3, 0.4) is 0 Å². The van der Waals surface area contributed by atoms with Gasteiger partial charge < -0.3 is 10.3 Å². The molecule has 0 bridgehead atoms. The maximum absolute atomic E-state index is 9.19. The van der Waals surface area contributed by atoms with Crippen molar-refractivity contribution in [3.8, 4) is 6.07 Å². The molecule has 0 aliphatic heterocycles. The van der Waals surface area contributed by atoms with Crippen molar-refractivity contribution in [2.24, 2.45) is 0 Å². The van der Waals surface area contributed by atoms with Gasteiger partial charge in [-0.2, -0.15) is 5.26 Å². The van der Waals surface area contributed by atoms with E-state index in [1.165, 1.54) is 0 Å². The maximum atomic E-state index is 9.19. The lowest BCUT2D eigenvalue weighted by Crippen LogP contribution is -2.06. The van der Waals surface area contributed by atoms with E-state index in [4.69, 9.17) is 0 Å². The van der Waals surface area contributed by atoms with Crippen LogP contribution in [0, 0.1) is 11.3 Å². The molecule has 0 radical (unpaired) electrons. The van der Waals surface area contributed by atoms with Crippen molar-refractivity contribution < 1.29 is 0 Å². The van der Waals surface area contributed by atoms with E-state index < -0.39 is 0 Å².